The van der Waals surface area contributed by atoms with Gasteiger partial charge in [-0.25, -0.2) is 0 Å². The smallest absolute Gasteiger partial charge is 0.127 e. The van der Waals surface area contributed by atoms with Crippen LogP contribution in [-0.2, 0) is 13.1 Å². The van der Waals surface area contributed by atoms with E-state index >= 15 is 0 Å². The molecule has 0 aliphatic heterocycles. The zero-order valence-corrected chi connectivity index (χ0v) is 19.4. The fourth-order valence-electron chi connectivity index (χ4n) is 4.68. The number of hydrogen-bond acceptors (Lipinski definition) is 3. The van der Waals surface area contributed by atoms with Crippen LogP contribution in [0.3, 0.4) is 0 Å². The van der Waals surface area contributed by atoms with Crippen LogP contribution in [0.2, 0.25) is 5.02 Å². The van der Waals surface area contributed by atoms with Crippen LogP contribution in [-0.4, -0.2) is 18.0 Å². The Morgan fingerprint density at radius 1 is 0.750 bits per heavy atom. The Labute approximate surface area is 197 Å². The van der Waals surface area contributed by atoms with Gasteiger partial charge >= 0.3 is 0 Å². The molecule has 0 aromatic heterocycles. The fourth-order valence-corrected chi connectivity index (χ4v) is 4.90. The highest BCUT2D eigenvalue weighted by molar-refractivity contribution is 6.30. The molecule has 0 atom stereocenters. The maximum atomic E-state index is 6.26. The number of para-hydroxylation sites is 1. The Bertz CT molecular complexity index is 970. The predicted octanol–water partition coefficient (Wildman–Crippen LogP) is 6.90. The van der Waals surface area contributed by atoms with Crippen LogP contribution >= 0.6 is 11.6 Å². The fraction of sp³-hybridized carbons (Fsp3) is 0.357. The molecule has 3 nitrogen and oxygen atoms in total. The van der Waals surface area contributed by atoms with Crippen molar-refractivity contribution < 1.29 is 4.74 Å². The molecule has 32 heavy (non-hydrogen) atoms. The monoisotopic (exact) mass is 448 g/mol. The van der Waals surface area contributed by atoms with Crippen LogP contribution in [0.5, 0.6) is 11.5 Å². The minimum absolute atomic E-state index is 0.708. The van der Waals surface area contributed by atoms with Crippen molar-refractivity contribution in [3.63, 3.8) is 0 Å². The van der Waals surface area contributed by atoms with E-state index in [0.717, 1.165) is 48.6 Å². The van der Waals surface area contributed by atoms with E-state index in [2.05, 4.69) is 35.2 Å². The molecule has 0 amide bonds. The maximum Gasteiger partial charge on any atom is 0.127 e. The van der Waals surface area contributed by atoms with Gasteiger partial charge < -0.3 is 10.5 Å². The van der Waals surface area contributed by atoms with Crippen LogP contribution < -0.4 is 10.5 Å². The van der Waals surface area contributed by atoms with Crippen molar-refractivity contribution in [2.24, 2.45) is 17.6 Å². The third-order valence-corrected chi connectivity index (χ3v) is 6.63. The van der Waals surface area contributed by atoms with Gasteiger partial charge in [-0.15, -0.1) is 0 Å². The molecule has 2 N–H and O–H groups in total. The van der Waals surface area contributed by atoms with Crippen molar-refractivity contribution in [3.05, 3.63) is 95.0 Å². The molecule has 0 saturated heterocycles. The van der Waals surface area contributed by atoms with Crippen LogP contribution in [0.25, 0.3) is 0 Å². The lowest BCUT2D eigenvalue weighted by molar-refractivity contribution is 0.170. The van der Waals surface area contributed by atoms with Crippen LogP contribution in [0, 0.1) is 11.8 Å². The average Bonchev–Trinajstić information content (AvgIpc) is 2.80. The van der Waals surface area contributed by atoms with E-state index in [-0.39, 0.29) is 0 Å². The number of rotatable bonds is 9. The van der Waals surface area contributed by atoms with E-state index in [1.54, 1.807) is 0 Å². The van der Waals surface area contributed by atoms with E-state index in [1.165, 1.54) is 36.8 Å². The number of hydrogen-bond donors (Lipinski definition) is 1. The minimum atomic E-state index is 0.708. The summed E-state index contributed by atoms with van der Waals surface area (Å²) in [5, 5.41) is 0.796. The Hall–Kier alpha value is -2.33. The van der Waals surface area contributed by atoms with E-state index in [4.69, 9.17) is 22.1 Å². The second-order valence-corrected chi connectivity index (χ2v) is 9.42. The lowest BCUT2D eigenvalue weighted by atomic mass is 9.82. The van der Waals surface area contributed by atoms with Gasteiger partial charge in [0.15, 0.2) is 0 Å². The lowest BCUT2D eigenvalue weighted by Gasteiger charge is -2.32. The molecule has 1 fully saturated rings. The van der Waals surface area contributed by atoms with Crippen LogP contribution in [0.1, 0.15) is 36.8 Å². The molecule has 1 aliphatic carbocycles. The second kappa shape index (κ2) is 11.5. The van der Waals surface area contributed by atoms with E-state index in [9.17, 15) is 0 Å². The molecular weight excluding hydrogens is 416 g/mol. The summed E-state index contributed by atoms with van der Waals surface area (Å²) in [5.41, 5.74) is 8.42. The summed E-state index contributed by atoms with van der Waals surface area (Å²) in [7, 11) is 0. The summed E-state index contributed by atoms with van der Waals surface area (Å²) in [4.78, 5) is 2.56. The van der Waals surface area contributed by atoms with Crippen molar-refractivity contribution >= 4 is 11.6 Å². The van der Waals surface area contributed by atoms with Crippen LogP contribution in [0.4, 0.5) is 0 Å². The van der Waals surface area contributed by atoms with Gasteiger partial charge in [0.1, 0.15) is 11.5 Å². The molecule has 168 valence electrons. The minimum Gasteiger partial charge on any atom is -0.457 e. The van der Waals surface area contributed by atoms with Gasteiger partial charge in [-0.05, 0) is 91.6 Å². The number of benzene rings is 3. The SMILES string of the molecule is NCC1CCC(CN(Cc2cccc(Cl)c2)Cc2cccc(Oc3ccccc3)c2)CC1. The number of halogens is 1. The van der Waals surface area contributed by atoms with Gasteiger partial charge in [0.05, 0.1) is 0 Å². The Morgan fingerprint density at radius 3 is 2.06 bits per heavy atom. The average molecular weight is 449 g/mol. The molecule has 0 unspecified atom stereocenters. The summed E-state index contributed by atoms with van der Waals surface area (Å²) in [6.45, 7) is 3.69. The molecule has 0 spiro atoms. The standard InChI is InChI=1S/C28H33ClN2O/c29-26-8-4-6-24(16-26)20-31(19-23-14-12-22(18-30)13-15-23)21-25-7-5-11-28(17-25)32-27-9-2-1-3-10-27/h1-11,16-17,22-23H,12-15,18-21,30H2. The van der Waals surface area contributed by atoms with Crippen molar-refractivity contribution in [1.29, 1.82) is 0 Å². The highest BCUT2D eigenvalue weighted by Crippen LogP contribution is 2.30. The Balaban J connectivity index is 1.46. The third-order valence-electron chi connectivity index (χ3n) is 6.39. The summed E-state index contributed by atoms with van der Waals surface area (Å²) < 4.78 is 6.06. The summed E-state index contributed by atoms with van der Waals surface area (Å²) in [6, 6.07) is 26.6. The van der Waals surface area contributed by atoms with Crippen molar-refractivity contribution in [1.82, 2.24) is 4.90 Å². The van der Waals surface area contributed by atoms with Gasteiger partial charge in [-0.3, -0.25) is 4.90 Å². The normalized spacial score (nSPS) is 18.6. The van der Waals surface area contributed by atoms with Gasteiger partial charge in [-0.2, -0.15) is 0 Å². The summed E-state index contributed by atoms with van der Waals surface area (Å²) in [6.07, 6.45) is 5.05. The zero-order chi connectivity index (χ0) is 22.2. The third kappa shape index (κ3) is 6.83. The second-order valence-electron chi connectivity index (χ2n) is 8.98. The number of nitrogens with zero attached hydrogens (tertiary/aromatic N) is 1. The van der Waals surface area contributed by atoms with E-state index in [1.807, 2.05) is 48.5 Å². The molecule has 1 aliphatic rings. The van der Waals surface area contributed by atoms with Gasteiger partial charge in [0, 0.05) is 24.7 Å². The quantitative estimate of drug-likeness (QED) is 0.387. The molecule has 3 aromatic carbocycles. The molecule has 4 heteroatoms. The maximum absolute atomic E-state index is 6.26. The first-order valence-electron chi connectivity index (χ1n) is 11.7. The lowest BCUT2D eigenvalue weighted by Crippen LogP contribution is -2.32. The summed E-state index contributed by atoms with van der Waals surface area (Å²) in [5.74, 6) is 3.16. The first kappa shape index (κ1) is 22.8. The molecular formula is C28H33ClN2O. The molecule has 4 rings (SSSR count). The van der Waals surface area contributed by atoms with Crippen molar-refractivity contribution in [2.75, 3.05) is 13.1 Å². The van der Waals surface area contributed by atoms with E-state index < -0.39 is 0 Å². The van der Waals surface area contributed by atoms with Crippen LogP contribution in [0.15, 0.2) is 78.9 Å². The van der Waals surface area contributed by atoms with Crippen molar-refractivity contribution in [2.45, 2.75) is 38.8 Å². The molecule has 0 bridgehead atoms. The Morgan fingerprint density at radius 2 is 1.38 bits per heavy atom. The van der Waals surface area contributed by atoms with Gasteiger partial charge in [-0.1, -0.05) is 54.1 Å². The van der Waals surface area contributed by atoms with E-state index in [0.29, 0.717) is 5.92 Å². The first-order chi connectivity index (χ1) is 15.7. The Kier molecular flexibility index (Phi) is 8.22. The first-order valence-corrected chi connectivity index (χ1v) is 12.0. The van der Waals surface area contributed by atoms with Gasteiger partial charge in [0.25, 0.3) is 0 Å². The zero-order valence-electron chi connectivity index (χ0n) is 18.6. The van der Waals surface area contributed by atoms with Crippen molar-refractivity contribution in [3.8, 4) is 11.5 Å². The largest absolute Gasteiger partial charge is 0.457 e. The molecule has 0 heterocycles. The topological polar surface area (TPSA) is 38.5 Å². The number of nitrogens with two attached hydrogens (primary N) is 1. The predicted molar refractivity (Wildman–Crippen MR) is 133 cm³/mol. The molecule has 1 saturated carbocycles. The molecule has 3 aromatic rings. The van der Waals surface area contributed by atoms with Gasteiger partial charge in [0.2, 0.25) is 0 Å². The molecule has 0 radical (unpaired) electrons. The highest BCUT2D eigenvalue weighted by atomic mass is 35.5. The highest BCUT2D eigenvalue weighted by Gasteiger charge is 2.22. The summed E-state index contributed by atoms with van der Waals surface area (Å²) >= 11 is 6.26. The number of ether oxygens (including phenoxy) is 1.